The number of carboxylic acid groups (broad SMARTS) is 1. The third kappa shape index (κ3) is 5.07. The molecule has 0 aliphatic heterocycles. The molecule has 128 valence electrons. The van der Waals surface area contributed by atoms with Crippen molar-refractivity contribution in [3.63, 3.8) is 0 Å². The predicted molar refractivity (Wildman–Crippen MR) is 94.4 cm³/mol. The van der Waals surface area contributed by atoms with Crippen LogP contribution in [0.3, 0.4) is 0 Å². The summed E-state index contributed by atoms with van der Waals surface area (Å²) >= 11 is 0. The summed E-state index contributed by atoms with van der Waals surface area (Å²) in [5.41, 5.74) is 10.7. The Morgan fingerprint density at radius 2 is 1.87 bits per heavy atom. The Hall–Kier alpha value is -1.35. The number of aliphatic carboxylic acids is 1. The Balaban J connectivity index is 2.08. The van der Waals surface area contributed by atoms with Gasteiger partial charge in [-0.15, -0.1) is 0 Å². The number of aryl methyl sites for hydroxylation is 2. The van der Waals surface area contributed by atoms with Gasteiger partial charge in [-0.3, -0.25) is 4.79 Å². The van der Waals surface area contributed by atoms with Crippen LogP contribution in [0.4, 0.5) is 0 Å². The minimum Gasteiger partial charge on any atom is -0.481 e. The molecule has 1 aromatic carbocycles. The van der Waals surface area contributed by atoms with Crippen molar-refractivity contribution in [3.05, 3.63) is 34.9 Å². The second-order valence-electron chi connectivity index (χ2n) is 8.07. The highest BCUT2D eigenvalue weighted by Crippen LogP contribution is 2.36. The summed E-state index contributed by atoms with van der Waals surface area (Å²) < 4.78 is 0. The van der Waals surface area contributed by atoms with Crippen LogP contribution >= 0.6 is 0 Å². The van der Waals surface area contributed by atoms with Crippen LogP contribution in [0.2, 0.25) is 0 Å². The molecule has 3 N–H and O–H groups in total. The zero-order chi connectivity index (χ0) is 17.0. The van der Waals surface area contributed by atoms with Gasteiger partial charge in [0.15, 0.2) is 0 Å². The van der Waals surface area contributed by atoms with Gasteiger partial charge < -0.3 is 10.8 Å². The number of rotatable bonds is 6. The van der Waals surface area contributed by atoms with Gasteiger partial charge in [0, 0.05) is 12.5 Å². The molecule has 0 saturated carbocycles. The first-order valence-corrected chi connectivity index (χ1v) is 8.86. The smallest absolute Gasteiger partial charge is 0.303 e. The van der Waals surface area contributed by atoms with E-state index < -0.39 is 5.97 Å². The summed E-state index contributed by atoms with van der Waals surface area (Å²) in [6, 6.07) is 6.69. The van der Waals surface area contributed by atoms with Crippen molar-refractivity contribution >= 4 is 5.97 Å². The fourth-order valence-electron chi connectivity index (χ4n) is 3.63. The molecule has 1 aliphatic carbocycles. The van der Waals surface area contributed by atoms with Crippen LogP contribution in [0.5, 0.6) is 0 Å². The van der Waals surface area contributed by atoms with E-state index in [0.717, 1.165) is 12.8 Å². The zero-order valence-corrected chi connectivity index (χ0v) is 14.8. The number of fused-ring (bicyclic) bond motifs is 1. The maximum atomic E-state index is 10.9. The fraction of sp³-hybridized carbons (Fsp3) is 0.650. The van der Waals surface area contributed by atoms with E-state index in [1.165, 1.54) is 36.0 Å². The highest BCUT2D eigenvalue weighted by atomic mass is 16.4. The molecule has 0 radical (unpaired) electrons. The lowest BCUT2D eigenvalue weighted by Crippen LogP contribution is -2.26. The van der Waals surface area contributed by atoms with Gasteiger partial charge in [-0.05, 0) is 66.5 Å². The van der Waals surface area contributed by atoms with Crippen molar-refractivity contribution in [1.82, 2.24) is 0 Å². The van der Waals surface area contributed by atoms with Gasteiger partial charge >= 0.3 is 5.97 Å². The fourth-order valence-corrected chi connectivity index (χ4v) is 3.63. The molecular weight excluding hydrogens is 286 g/mol. The van der Waals surface area contributed by atoms with E-state index >= 15 is 0 Å². The molecule has 3 nitrogen and oxygen atoms in total. The van der Waals surface area contributed by atoms with E-state index in [1.807, 2.05) is 0 Å². The summed E-state index contributed by atoms with van der Waals surface area (Å²) in [6.45, 7) is 6.54. The molecule has 0 bridgehead atoms. The van der Waals surface area contributed by atoms with Gasteiger partial charge in [0.1, 0.15) is 0 Å². The lowest BCUT2D eigenvalue weighted by Gasteiger charge is -2.33. The van der Waals surface area contributed by atoms with Crippen LogP contribution in [0.25, 0.3) is 0 Å². The van der Waals surface area contributed by atoms with E-state index in [4.69, 9.17) is 10.8 Å². The van der Waals surface area contributed by atoms with Gasteiger partial charge in [0.2, 0.25) is 0 Å². The molecular formula is C20H31NO2. The summed E-state index contributed by atoms with van der Waals surface area (Å²) in [5.74, 6) is -0.411. The van der Waals surface area contributed by atoms with Crippen LogP contribution < -0.4 is 5.73 Å². The predicted octanol–water partition coefficient (Wildman–Crippen LogP) is 4.48. The van der Waals surface area contributed by atoms with E-state index in [0.29, 0.717) is 12.3 Å². The lowest BCUT2D eigenvalue weighted by atomic mass is 9.74. The van der Waals surface area contributed by atoms with E-state index in [2.05, 4.69) is 39.0 Å². The lowest BCUT2D eigenvalue weighted by molar-refractivity contribution is -0.137. The van der Waals surface area contributed by atoms with Gasteiger partial charge in [0.25, 0.3) is 0 Å². The van der Waals surface area contributed by atoms with Crippen LogP contribution in [0.15, 0.2) is 18.2 Å². The Morgan fingerprint density at radius 3 is 2.48 bits per heavy atom. The average Bonchev–Trinajstić information content (AvgIpc) is 2.49. The van der Waals surface area contributed by atoms with E-state index in [-0.39, 0.29) is 17.9 Å². The van der Waals surface area contributed by atoms with Crippen molar-refractivity contribution in [2.75, 3.05) is 0 Å². The highest BCUT2D eigenvalue weighted by molar-refractivity contribution is 5.66. The molecule has 2 atom stereocenters. The van der Waals surface area contributed by atoms with Crippen molar-refractivity contribution in [2.45, 2.75) is 71.8 Å². The van der Waals surface area contributed by atoms with E-state index in [1.54, 1.807) is 0 Å². The monoisotopic (exact) mass is 317 g/mol. The first-order chi connectivity index (χ1) is 10.8. The van der Waals surface area contributed by atoms with Crippen molar-refractivity contribution in [1.29, 1.82) is 0 Å². The van der Waals surface area contributed by atoms with Crippen LogP contribution in [-0.2, 0) is 17.6 Å². The second kappa shape index (κ2) is 7.48. The molecule has 0 saturated heterocycles. The molecule has 2 rings (SSSR count). The van der Waals surface area contributed by atoms with Crippen LogP contribution in [0.1, 0.15) is 75.6 Å². The summed E-state index contributed by atoms with van der Waals surface area (Å²) in [4.78, 5) is 10.9. The minimum atomic E-state index is -0.721. The van der Waals surface area contributed by atoms with Gasteiger partial charge in [-0.25, -0.2) is 0 Å². The number of carboxylic acids is 1. The van der Waals surface area contributed by atoms with E-state index in [9.17, 15) is 4.79 Å². The quantitative estimate of drug-likeness (QED) is 0.813. The van der Waals surface area contributed by atoms with Crippen LogP contribution in [-0.4, -0.2) is 11.1 Å². The van der Waals surface area contributed by atoms with Gasteiger partial charge in [0.05, 0.1) is 0 Å². The molecule has 23 heavy (non-hydrogen) atoms. The maximum Gasteiger partial charge on any atom is 0.303 e. The summed E-state index contributed by atoms with van der Waals surface area (Å²) in [6.07, 6.45) is 6.67. The number of benzene rings is 1. The molecule has 0 aromatic heterocycles. The number of carbonyl (C=O) groups is 1. The van der Waals surface area contributed by atoms with Crippen molar-refractivity contribution < 1.29 is 9.90 Å². The minimum absolute atomic E-state index is 0.0137. The first kappa shape index (κ1) is 18.0. The molecule has 3 heteroatoms. The van der Waals surface area contributed by atoms with Crippen molar-refractivity contribution in [2.24, 2.45) is 17.1 Å². The number of nitrogens with two attached hydrogens (primary N) is 1. The topological polar surface area (TPSA) is 63.3 Å². The largest absolute Gasteiger partial charge is 0.481 e. The molecule has 1 unspecified atom stereocenters. The maximum absolute atomic E-state index is 10.9. The first-order valence-electron chi connectivity index (χ1n) is 8.86. The highest BCUT2D eigenvalue weighted by Gasteiger charge is 2.27. The van der Waals surface area contributed by atoms with Gasteiger partial charge in [-0.2, -0.15) is 0 Å². The Labute approximate surface area is 140 Å². The van der Waals surface area contributed by atoms with Crippen molar-refractivity contribution in [3.8, 4) is 0 Å². The second-order valence-corrected chi connectivity index (χ2v) is 8.07. The molecule has 0 spiro atoms. The third-order valence-electron chi connectivity index (χ3n) is 5.27. The Morgan fingerprint density at radius 1 is 1.22 bits per heavy atom. The average molecular weight is 317 g/mol. The summed E-state index contributed by atoms with van der Waals surface area (Å²) in [5, 5.41) is 8.98. The Kier molecular flexibility index (Phi) is 5.85. The normalized spacial score (nSPS) is 17.4. The molecule has 0 heterocycles. The van der Waals surface area contributed by atoms with Crippen LogP contribution in [0, 0.1) is 11.3 Å². The summed E-state index contributed by atoms with van der Waals surface area (Å²) in [7, 11) is 0. The standard InChI is InChI=1S/C20H31NO2/c1-20(2,3)17(10-11-19(22)23)13-18(21)16-9-8-14-6-4-5-7-15(14)12-16/h8-9,12,17-18H,4-7,10-11,13,21H2,1-3H3,(H,22,23)/t17?,18-/m1/s1. The zero-order valence-electron chi connectivity index (χ0n) is 14.8. The SMILES string of the molecule is CC(C)(C)C(CCC(=O)O)C[C@@H](N)c1ccc2c(c1)CCCC2. The van der Waals surface area contributed by atoms with Gasteiger partial charge in [-0.1, -0.05) is 39.0 Å². The molecule has 1 aromatic rings. The molecule has 0 fully saturated rings. The number of hydrogen-bond acceptors (Lipinski definition) is 2. The Bertz CT molecular complexity index is 545. The molecule has 0 amide bonds. The molecule has 1 aliphatic rings. The number of hydrogen-bond donors (Lipinski definition) is 2. The third-order valence-corrected chi connectivity index (χ3v) is 5.27.